The van der Waals surface area contributed by atoms with Crippen molar-refractivity contribution in [2.45, 2.75) is 13.3 Å². The Kier molecular flexibility index (Phi) is 2.80. The Bertz CT molecular complexity index is 686. The second kappa shape index (κ2) is 4.46. The number of hydrogen-bond acceptors (Lipinski definition) is 3. The molecule has 92 valence electrons. The molecular formula is C13H12ClN3O. The minimum absolute atomic E-state index is 0.564. The first kappa shape index (κ1) is 11.3. The monoisotopic (exact) mass is 261 g/mol. The van der Waals surface area contributed by atoms with Gasteiger partial charge in [-0.25, -0.2) is 9.97 Å². The molecule has 0 bridgehead atoms. The van der Waals surface area contributed by atoms with Crippen LogP contribution in [0.4, 0.5) is 0 Å². The Morgan fingerprint density at radius 1 is 1.39 bits per heavy atom. The van der Waals surface area contributed by atoms with Crippen LogP contribution >= 0.6 is 11.6 Å². The molecule has 4 nitrogen and oxygen atoms in total. The van der Waals surface area contributed by atoms with Crippen molar-refractivity contribution in [3.05, 3.63) is 36.1 Å². The lowest BCUT2D eigenvalue weighted by atomic mass is 10.1. The number of halogens is 1. The van der Waals surface area contributed by atoms with E-state index in [2.05, 4.69) is 15.0 Å². The highest BCUT2D eigenvalue weighted by molar-refractivity contribution is 6.17. The Labute approximate surface area is 109 Å². The maximum absolute atomic E-state index is 5.69. The van der Waals surface area contributed by atoms with Gasteiger partial charge in [0.15, 0.2) is 11.5 Å². The number of benzene rings is 1. The molecule has 0 aliphatic rings. The molecule has 0 radical (unpaired) electrons. The Morgan fingerprint density at radius 3 is 3.11 bits per heavy atom. The smallest absolute Gasteiger partial charge is 0.192 e. The average molecular weight is 262 g/mol. The molecule has 5 heteroatoms. The van der Waals surface area contributed by atoms with E-state index in [4.69, 9.17) is 16.0 Å². The molecule has 0 fully saturated rings. The number of H-pyrrole nitrogens is 1. The fraction of sp³-hybridized carbons (Fsp3) is 0.231. The predicted molar refractivity (Wildman–Crippen MR) is 70.8 cm³/mol. The third-order valence-electron chi connectivity index (χ3n) is 2.77. The van der Waals surface area contributed by atoms with E-state index in [1.807, 2.05) is 31.3 Å². The number of aryl methyl sites for hydroxylation is 2. The molecule has 1 aromatic carbocycles. The number of nitrogens with one attached hydrogen (secondary N) is 1. The van der Waals surface area contributed by atoms with Gasteiger partial charge in [0.05, 0.1) is 11.9 Å². The predicted octanol–water partition coefficient (Wildman–Crippen LogP) is 3.31. The lowest BCUT2D eigenvalue weighted by molar-refractivity contribution is 0.561. The zero-order valence-electron chi connectivity index (χ0n) is 9.90. The zero-order valence-corrected chi connectivity index (χ0v) is 10.7. The summed E-state index contributed by atoms with van der Waals surface area (Å²) in [5.41, 5.74) is 3.68. The molecule has 3 aromatic rings. The minimum Gasteiger partial charge on any atom is -0.441 e. The first-order valence-electron chi connectivity index (χ1n) is 5.73. The fourth-order valence-electron chi connectivity index (χ4n) is 1.94. The van der Waals surface area contributed by atoms with Crippen LogP contribution in [0.15, 0.2) is 28.8 Å². The molecule has 0 saturated carbocycles. The summed E-state index contributed by atoms with van der Waals surface area (Å²) in [6.07, 6.45) is 2.56. The van der Waals surface area contributed by atoms with Crippen molar-refractivity contribution in [3.8, 4) is 11.3 Å². The van der Waals surface area contributed by atoms with Gasteiger partial charge in [0, 0.05) is 24.8 Å². The number of aromatic nitrogens is 3. The van der Waals surface area contributed by atoms with Crippen LogP contribution < -0.4 is 0 Å². The minimum atomic E-state index is 0.564. The second-order valence-corrected chi connectivity index (χ2v) is 4.48. The van der Waals surface area contributed by atoms with Crippen LogP contribution in [0.5, 0.6) is 0 Å². The molecule has 2 aromatic heterocycles. The Balaban J connectivity index is 2.01. The van der Waals surface area contributed by atoms with Crippen LogP contribution in [-0.4, -0.2) is 20.8 Å². The van der Waals surface area contributed by atoms with E-state index in [9.17, 15) is 0 Å². The van der Waals surface area contributed by atoms with E-state index >= 15 is 0 Å². The third-order valence-corrected chi connectivity index (χ3v) is 2.95. The Morgan fingerprint density at radius 2 is 2.28 bits per heavy atom. The van der Waals surface area contributed by atoms with Crippen LogP contribution in [0.2, 0.25) is 0 Å². The van der Waals surface area contributed by atoms with Crippen molar-refractivity contribution < 1.29 is 4.42 Å². The summed E-state index contributed by atoms with van der Waals surface area (Å²) < 4.78 is 5.45. The maximum Gasteiger partial charge on any atom is 0.192 e. The molecule has 0 amide bonds. The van der Waals surface area contributed by atoms with Crippen LogP contribution in [-0.2, 0) is 6.42 Å². The van der Waals surface area contributed by atoms with Gasteiger partial charge in [-0.05, 0) is 18.2 Å². The molecular weight excluding hydrogens is 250 g/mol. The number of oxazole rings is 1. The van der Waals surface area contributed by atoms with Crippen LogP contribution in [0.25, 0.3) is 22.4 Å². The lowest BCUT2D eigenvalue weighted by Crippen LogP contribution is -1.88. The van der Waals surface area contributed by atoms with E-state index in [-0.39, 0.29) is 0 Å². The van der Waals surface area contributed by atoms with Gasteiger partial charge < -0.3 is 9.40 Å². The summed E-state index contributed by atoms with van der Waals surface area (Å²) >= 11 is 5.69. The van der Waals surface area contributed by atoms with E-state index in [1.165, 1.54) is 0 Å². The number of imidazole rings is 1. The van der Waals surface area contributed by atoms with E-state index in [0.717, 1.165) is 34.6 Å². The first-order valence-corrected chi connectivity index (χ1v) is 6.27. The number of alkyl halides is 1. The van der Waals surface area contributed by atoms with Crippen molar-refractivity contribution in [1.29, 1.82) is 0 Å². The van der Waals surface area contributed by atoms with Gasteiger partial charge in [-0.3, -0.25) is 0 Å². The normalized spacial score (nSPS) is 11.2. The zero-order chi connectivity index (χ0) is 12.5. The van der Waals surface area contributed by atoms with Gasteiger partial charge in [0.25, 0.3) is 0 Å². The van der Waals surface area contributed by atoms with Crippen molar-refractivity contribution in [1.82, 2.24) is 15.0 Å². The molecule has 1 N–H and O–H groups in total. The average Bonchev–Trinajstić information content (AvgIpc) is 2.93. The lowest BCUT2D eigenvalue weighted by Gasteiger charge is -1.96. The summed E-state index contributed by atoms with van der Waals surface area (Å²) in [6.45, 7) is 1.84. The van der Waals surface area contributed by atoms with E-state index < -0.39 is 0 Å². The largest absolute Gasteiger partial charge is 0.441 e. The summed E-state index contributed by atoms with van der Waals surface area (Å²) in [5, 5.41) is 0. The number of rotatable bonds is 3. The molecule has 0 spiro atoms. The number of hydrogen-bond donors (Lipinski definition) is 1. The van der Waals surface area contributed by atoms with Crippen molar-refractivity contribution in [2.24, 2.45) is 0 Å². The highest BCUT2D eigenvalue weighted by atomic mass is 35.5. The summed E-state index contributed by atoms with van der Waals surface area (Å²) in [4.78, 5) is 11.9. The molecule has 0 aliphatic carbocycles. The Hall–Kier alpha value is -1.81. The highest BCUT2D eigenvalue weighted by Crippen LogP contribution is 2.23. The van der Waals surface area contributed by atoms with E-state index in [1.54, 1.807) is 0 Å². The van der Waals surface area contributed by atoms with Gasteiger partial charge in [-0.1, -0.05) is 0 Å². The first-order chi connectivity index (χ1) is 8.76. The molecule has 18 heavy (non-hydrogen) atoms. The maximum atomic E-state index is 5.69. The molecule has 2 heterocycles. The van der Waals surface area contributed by atoms with Crippen LogP contribution in [0.1, 0.15) is 11.7 Å². The number of aromatic amines is 1. The van der Waals surface area contributed by atoms with Gasteiger partial charge in [-0.15, -0.1) is 11.6 Å². The fourth-order valence-corrected chi connectivity index (χ4v) is 2.11. The SMILES string of the molecule is Cc1nc2cc(-c3cnc(CCCl)[nH]3)ccc2o1. The molecule has 0 atom stereocenters. The topological polar surface area (TPSA) is 54.7 Å². The number of nitrogens with zero attached hydrogens (tertiary/aromatic N) is 2. The molecule has 3 rings (SSSR count). The van der Waals surface area contributed by atoms with Crippen molar-refractivity contribution in [3.63, 3.8) is 0 Å². The second-order valence-electron chi connectivity index (χ2n) is 4.10. The molecule has 0 saturated heterocycles. The van der Waals surface area contributed by atoms with Gasteiger partial charge in [-0.2, -0.15) is 0 Å². The molecule has 0 aliphatic heterocycles. The van der Waals surface area contributed by atoms with Gasteiger partial charge in [0.2, 0.25) is 0 Å². The summed E-state index contributed by atoms with van der Waals surface area (Å²) in [5.74, 6) is 2.14. The van der Waals surface area contributed by atoms with E-state index in [0.29, 0.717) is 11.8 Å². The third kappa shape index (κ3) is 1.99. The highest BCUT2D eigenvalue weighted by Gasteiger charge is 2.07. The van der Waals surface area contributed by atoms with Gasteiger partial charge in [0.1, 0.15) is 11.3 Å². The summed E-state index contributed by atoms with van der Waals surface area (Å²) in [7, 11) is 0. The number of fused-ring (bicyclic) bond motifs is 1. The van der Waals surface area contributed by atoms with Crippen LogP contribution in [0, 0.1) is 6.92 Å². The molecule has 0 unspecified atom stereocenters. The van der Waals surface area contributed by atoms with Gasteiger partial charge >= 0.3 is 0 Å². The quantitative estimate of drug-likeness (QED) is 0.736. The summed E-state index contributed by atoms with van der Waals surface area (Å²) in [6, 6.07) is 5.90. The van der Waals surface area contributed by atoms with Crippen molar-refractivity contribution >= 4 is 22.7 Å². The van der Waals surface area contributed by atoms with Crippen LogP contribution in [0.3, 0.4) is 0 Å². The van der Waals surface area contributed by atoms with Crippen molar-refractivity contribution in [2.75, 3.05) is 5.88 Å². The standard InChI is InChI=1S/C13H12ClN3O/c1-8-16-10-6-9(2-3-12(10)18-8)11-7-15-13(17-11)4-5-14/h2-3,6-7H,4-5H2,1H3,(H,15,17).